The fourth-order valence-electron chi connectivity index (χ4n) is 2.37. The molecule has 9 heteroatoms. The van der Waals surface area contributed by atoms with E-state index in [0.717, 1.165) is 11.0 Å². The quantitative estimate of drug-likeness (QED) is 0.675. The van der Waals surface area contributed by atoms with Gasteiger partial charge in [0.1, 0.15) is 16.6 Å². The highest BCUT2D eigenvalue weighted by Gasteiger charge is 2.22. The Morgan fingerprint density at radius 3 is 2.63 bits per heavy atom. The number of amides is 1. The molecule has 0 atom stereocenters. The largest absolute Gasteiger partial charge is 0.495 e. The van der Waals surface area contributed by atoms with Gasteiger partial charge in [-0.05, 0) is 29.8 Å². The smallest absolute Gasteiger partial charge is 0.394 e. The number of nitrogens with zero attached hydrogens (tertiary/aromatic N) is 1. The number of hydrogen-bond acceptors (Lipinski definition) is 4. The van der Waals surface area contributed by atoms with E-state index in [1.807, 2.05) is 0 Å². The van der Waals surface area contributed by atoms with E-state index in [1.54, 1.807) is 18.2 Å². The third-order valence-electron chi connectivity index (χ3n) is 3.73. The minimum absolute atomic E-state index is 0.0619. The van der Waals surface area contributed by atoms with E-state index >= 15 is 0 Å². The number of nitrogens with one attached hydrogen (secondary N) is 1. The zero-order valence-electron chi connectivity index (χ0n) is 14.3. The molecular formula is C18H17Cl2FN2O4. The van der Waals surface area contributed by atoms with Crippen LogP contribution in [0.1, 0.15) is 5.56 Å². The van der Waals surface area contributed by atoms with Gasteiger partial charge in [0, 0.05) is 24.7 Å². The van der Waals surface area contributed by atoms with Crippen LogP contribution in [-0.4, -0.2) is 42.1 Å². The zero-order valence-corrected chi connectivity index (χ0v) is 15.9. The van der Waals surface area contributed by atoms with E-state index in [0.29, 0.717) is 22.0 Å². The number of methoxy groups -OCH3 is 1. The predicted octanol–water partition coefficient (Wildman–Crippen LogP) is 3.67. The van der Waals surface area contributed by atoms with Crippen molar-refractivity contribution in [3.8, 4) is 5.75 Å². The van der Waals surface area contributed by atoms with Gasteiger partial charge in [-0.1, -0.05) is 35.3 Å². The Bertz CT molecular complexity index is 848. The van der Waals surface area contributed by atoms with Crippen LogP contribution in [0.5, 0.6) is 5.75 Å². The van der Waals surface area contributed by atoms with Crippen molar-refractivity contribution in [2.75, 3.05) is 25.5 Å². The Morgan fingerprint density at radius 2 is 2.00 bits per heavy atom. The van der Waals surface area contributed by atoms with Crippen molar-refractivity contribution in [1.29, 1.82) is 0 Å². The molecule has 0 radical (unpaired) electrons. The van der Waals surface area contributed by atoms with Gasteiger partial charge in [0.2, 0.25) is 0 Å². The summed E-state index contributed by atoms with van der Waals surface area (Å²) in [4.78, 5) is 24.2. The number of carboxylic acid groups (broad SMARTS) is 1. The third-order valence-corrected chi connectivity index (χ3v) is 4.47. The van der Waals surface area contributed by atoms with Crippen molar-refractivity contribution < 1.29 is 23.8 Å². The first-order valence-corrected chi connectivity index (χ1v) is 8.61. The summed E-state index contributed by atoms with van der Waals surface area (Å²) in [6.07, 6.45) is 0. The summed E-state index contributed by atoms with van der Waals surface area (Å²) in [5.41, 5.74) is 1.02. The van der Waals surface area contributed by atoms with Crippen LogP contribution in [0.2, 0.25) is 10.0 Å². The van der Waals surface area contributed by atoms with Gasteiger partial charge in [-0.15, -0.1) is 0 Å². The maximum absolute atomic E-state index is 13.2. The second kappa shape index (κ2) is 9.43. The first kappa shape index (κ1) is 20.8. The lowest BCUT2D eigenvalue weighted by molar-refractivity contribution is -0.156. The number of ether oxygens (including phenoxy) is 1. The number of anilines is 1. The molecule has 0 bridgehead atoms. The highest BCUT2D eigenvalue weighted by molar-refractivity contribution is 6.34. The average Bonchev–Trinajstić information content (AvgIpc) is 2.63. The number of halogens is 3. The van der Waals surface area contributed by atoms with Crippen LogP contribution in [-0.2, 0) is 16.1 Å². The molecule has 0 aromatic heterocycles. The van der Waals surface area contributed by atoms with Crippen molar-refractivity contribution in [2.45, 2.75) is 6.54 Å². The predicted molar refractivity (Wildman–Crippen MR) is 101 cm³/mol. The second-order valence-corrected chi connectivity index (χ2v) is 6.30. The Balaban J connectivity index is 2.09. The van der Waals surface area contributed by atoms with E-state index in [2.05, 4.69) is 5.32 Å². The van der Waals surface area contributed by atoms with Crippen LogP contribution in [0.25, 0.3) is 0 Å². The number of aliphatic carboxylic acids is 1. The van der Waals surface area contributed by atoms with Gasteiger partial charge in [-0.25, -0.2) is 9.18 Å². The summed E-state index contributed by atoms with van der Waals surface area (Å²) in [6.45, 7) is 0.217. The van der Waals surface area contributed by atoms with Gasteiger partial charge in [-0.3, -0.25) is 4.79 Å². The minimum atomic E-state index is -1.59. The second-order valence-electron chi connectivity index (χ2n) is 5.52. The van der Waals surface area contributed by atoms with Crippen LogP contribution in [0.3, 0.4) is 0 Å². The minimum Gasteiger partial charge on any atom is -0.495 e. The standard InChI is InChI=1S/C18H17Cl2FN2O4/c1-27-15-4-2-3-14(16(15)20)22-7-8-23(17(24)18(25)26)10-11-5-6-12(21)9-13(11)19/h2-6,9,22H,7-8,10H2,1H3,(H,25,26). The first-order chi connectivity index (χ1) is 12.8. The number of carbonyl (C=O) groups excluding carboxylic acids is 1. The number of carbonyl (C=O) groups is 2. The summed E-state index contributed by atoms with van der Waals surface area (Å²) in [6, 6.07) is 8.88. The molecule has 2 aromatic carbocycles. The number of rotatable bonds is 7. The van der Waals surface area contributed by atoms with E-state index in [9.17, 15) is 14.0 Å². The lowest BCUT2D eigenvalue weighted by Crippen LogP contribution is -2.39. The van der Waals surface area contributed by atoms with Gasteiger partial charge in [0.15, 0.2) is 0 Å². The SMILES string of the molecule is COc1cccc(NCCN(Cc2ccc(F)cc2Cl)C(=O)C(=O)O)c1Cl. The summed E-state index contributed by atoms with van der Waals surface area (Å²) in [5.74, 6) is -2.71. The summed E-state index contributed by atoms with van der Waals surface area (Å²) in [5, 5.41) is 12.5. The molecule has 6 nitrogen and oxygen atoms in total. The maximum atomic E-state index is 13.2. The molecule has 0 aliphatic heterocycles. The van der Waals surface area contributed by atoms with Gasteiger partial charge in [-0.2, -0.15) is 0 Å². The maximum Gasteiger partial charge on any atom is 0.394 e. The average molecular weight is 415 g/mol. The van der Waals surface area contributed by atoms with Crippen molar-refractivity contribution in [3.05, 3.63) is 57.8 Å². The number of benzene rings is 2. The van der Waals surface area contributed by atoms with Crippen LogP contribution in [0.15, 0.2) is 36.4 Å². The monoisotopic (exact) mass is 414 g/mol. The summed E-state index contributed by atoms with van der Waals surface area (Å²) in [7, 11) is 1.49. The lowest BCUT2D eigenvalue weighted by Gasteiger charge is -2.22. The fourth-order valence-corrected chi connectivity index (χ4v) is 2.87. The molecule has 2 N–H and O–H groups in total. The van der Waals surface area contributed by atoms with Gasteiger partial charge < -0.3 is 20.1 Å². The summed E-state index contributed by atoms with van der Waals surface area (Å²) < 4.78 is 18.3. The number of hydrogen-bond donors (Lipinski definition) is 2. The van der Waals surface area contributed by atoms with Crippen LogP contribution in [0, 0.1) is 5.82 Å². The van der Waals surface area contributed by atoms with E-state index in [1.165, 1.54) is 19.2 Å². The molecule has 0 saturated carbocycles. The molecular weight excluding hydrogens is 398 g/mol. The summed E-state index contributed by atoms with van der Waals surface area (Å²) >= 11 is 12.2. The van der Waals surface area contributed by atoms with Crippen molar-refractivity contribution in [2.24, 2.45) is 0 Å². The van der Waals surface area contributed by atoms with Crippen molar-refractivity contribution in [3.63, 3.8) is 0 Å². The molecule has 0 aliphatic rings. The molecule has 0 spiro atoms. The highest BCUT2D eigenvalue weighted by atomic mass is 35.5. The third kappa shape index (κ3) is 5.48. The van der Waals surface area contributed by atoms with E-state index in [4.69, 9.17) is 33.0 Å². The Hall–Kier alpha value is -2.51. The number of carboxylic acids is 1. The van der Waals surface area contributed by atoms with E-state index < -0.39 is 17.7 Å². The molecule has 0 saturated heterocycles. The van der Waals surface area contributed by atoms with Crippen LogP contribution < -0.4 is 10.1 Å². The Labute approximate surface area is 165 Å². The molecule has 2 aromatic rings. The zero-order chi connectivity index (χ0) is 20.0. The lowest BCUT2D eigenvalue weighted by atomic mass is 10.2. The molecule has 0 fully saturated rings. The molecule has 1 amide bonds. The van der Waals surface area contributed by atoms with Crippen LogP contribution >= 0.6 is 23.2 Å². The fraction of sp³-hybridized carbons (Fsp3) is 0.222. The van der Waals surface area contributed by atoms with Gasteiger partial charge >= 0.3 is 11.9 Å². The molecule has 0 aliphatic carbocycles. The van der Waals surface area contributed by atoms with Crippen LogP contribution in [0.4, 0.5) is 10.1 Å². The van der Waals surface area contributed by atoms with Crippen molar-refractivity contribution >= 4 is 40.8 Å². The topological polar surface area (TPSA) is 78.9 Å². The molecule has 2 rings (SSSR count). The molecule has 27 heavy (non-hydrogen) atoms. The van der Waals surface area contributed by atoms with Crippen molar-refractivity contribution in [1.82, 2.24) is 4.90 Å². The van der Waals surface area contributed by atoms with Gasteiger partial charge in [0.25, 0.3) is 0 Å². The molecule has 144 valence electrons. The Morgan fingerprint density at radius 1 is 1.26 bits per heavy atom. The Kier molecular flexibility index (Phi) is 7.27. The molecule has 0 heterocycles. The molecule has 0 unspecified atom stereocenters. The highest BCUT2D eigenvalue weighted by Crippen LogP contribution is 2.31. The first-order valence-electron chi connectivity index (χ1n) is 7.86. The van der Waals surface area contributed by atoms with E-state index in [-0.39, 0.29) is 24.7 Å². The normalized spacial score (nSPS) is 10.4. The van der Waals surface area contributed by atoms with Gasteiger partial charge in [0.05, 0.1) is 12.8 Å².